The van der Waals surface area contributed by atoms with Crippen LogP contribution in [0.15, 0.2) is 18.2 Å². The Balaban J connectivity index is 1.51. The second-order valence-corrected chi connectivity index (χ2v) is 8.41. The van der Waals surface area contributed by atoms with Crippen molar-refractivity contribution in [3.05, 3.63) is 40.6 Å². The molecule has 1 aromatic heterocycles. The molecule has 5 heteroatoms. The number of carbonyl (C=O) groups excluding carboxylic acids is 1. The van der Waals surface area contributed by atoms with Crippen LogP contribution in [0.3, 0.4) is 0 Å². The number of rotatable bonds is 4. The molecular formula is C22H26N4O. The molecule has 5 rings (SSSR count). The number of nitrogens with two attached hydrogens (primary N) is 1. The summed E-state index contributed by atoms with van der Waals surface area (Å²) in [7, 11) is 0. The van der Waals surface area contributed by atoms with Gasteiger partial charge in [0, 0.05) is 35.8 Å². The summed E-state index contributed by atoms with van der Waals surface area (Å²) in [5.74, 6) is 1.05. The number of primary amides is 1. The van der Waals surface area contributed by atoms with Gasteiger partial charge in [-0.15, -0.1) is 0 Å². The molecule has 140 valence electrons. The van der Waals surface area contributed by atoms with Gasteiger partial charge in [0.25, 0.3) is 0 Å². The minimum atomic E-state index is -0.199. The number of aryl methyl sites for hydroxylation is 1. The standard InChI is InChI=1S/C22H26N4O/c1-13-7-8-26(13)22-24-19-4-2-3-18(19)21(25-22)16-6-5-15-9-14(11-20(23)27)10-17(15)12-16/h5-6,12-14H,2-4,7-11H2,1H3,(H2,23,27)/t13-,14?/m0/s1. The molecule has 1 fully saturated rings. The maximum Gasteiger partial charge on any atom is 0.226 e. The van der Waals surface area contributed by atoms with Crippen LogP contribution in [0.25, 0.3) is 11.3 Å². The van der Waals surface area contributed by atoms with E-state index >= 15 is 0 Å². The molecule has 1 amide bonds. The van der Waals surface area contributed by atoms with Gasteiger partial charge in [-0.2, -0.15) is 0 Å². The lowest BCUT2D eigenvalue weighted by molar-refractivity contribution is -0.118. The Hall–Kier alpha value is -2.43. The highest BCUT2D eigenvalue weighted by Crippen LogP contribution is 2.37. The first kappa shape index (κ1) is 16.7. The molecule has 5 nitrogen and oxygen atoms in total. The number of benzene rings is 1. The van der Waals surface area contributed by atoms with Crippen LogP contribution in [0, 0.1) is 5.92 Å². The smallest absolute Gasteiger partial charge is 0.226 e. The van der Waals surface area contributed by atoms with Crippen LogP contribution >= 0.6 is 0 Å². The number of carbonyl (C=O) groups is 1. The Morgan fingerprint density at radius 2 is 2.07 bits per heavy atom. The van der Waals surface area contributed by atoms with Crippen molar-refractivity contribution in [2.24, 2.45) is 11.7 Å². The summed E-state index contributed by atoms with van der Waals surface area (Å²) in [6.45, 7) is 3.30. The molecule has 27 heavy (non-hydrogen) atoms. The third-order valence-corrected chi connectivity index (χ3v) is 6.48. The maximum absolute atomic E-state index is 11.3. The number of hydrogen-bond acceptors (Lipinski definition) is 4. The zero-order valence-electron chi connectivity index (χ0n) is 15.9. The van der Waals surface area contributed by atoms with Crippen LogP contribution < -0.4 is 10.6 Å². The lowest BCUT2D eigenvalue weighted by Gasteiger charge is -2.39. The molecule has 2 heterocycles. The van der Waals surface area contributed by atoms with Crippen LogP contribution in [0.4, 0.5) is 5.95 Å². The second-order valence-electron chi connectivity index (χ2n) is 8.41. The topological polar surface area (TPSA) is 72.1 Å². The Kier molecular flexibility index (Phi) is 3.92. The predicted molar refractivity (Wildman–Crippen MR) is 106 cm³/mol. The lowest BCUT2D eigenvalue weighted by atomic mass is 10.00. The fraction of sp³-hybridized carbons (Fsp3) is 0.500. The van der Waals surface area contributed by atoms with Gasteiger partial charge < -0.3 is 10.6 Å². The Labute approximate surface area is 160 Å². The normalized spacial score (nSPS) is 23.1. The van der Waals surface area contributed by atoms with Gasteiger partial charge in [0.2, 0.25) is 11.9 Å². The van der Waals surface area contributed by atoms with Crippen molar-refractivity contribution in [2.45, 2.75) is 57.9 Å². The van der Waals surface area contributed by atoms with Gasteiger partial charge in [-0.25, -0.2) is 9.97 Å². The first-order chi connectivity index (χ1) is 13.1. The lowest BCUT2D eigenvalue weighted by Crippen LogP contribution is -2.46. The van der Waals surface area contributed by atoms with Crippen molar-refractivity contribution in [3.63, 3.8) is 0 Å². The summed E-state index contributed by atoms with van der Waals surface area (Å²) in [6, 6.07) is 7.25. The van der Waals surface area contributed by atoms with Gasteiger partial charge in [-0.1, -0.05) is 12.1 Å². The van der Waals surface area contributed by atoms with E-state index in [9.17, 15) is 4.79 Å². The summed E-state index contributed by atoms with van der Waals surface area (Å²) in [4.78, 5) is 23.5. The van der Waals surface area contributed by atoms with E-state index in [0.29, 0.717) is 18.4 Å². The van der Waals surface area contributed by atoms with E-state index in [2.05, 4.69) is 30.0 Å². The zero-order valence-corrected chi connectivity index (χ0v) is 15.9. The number of hydrogen-bond donors (Lipinski definition) is 1. The van der Waals surface area contributed by atoms with Crippen molar-refractivity contribution >= 4 is 11.9 Å². The summed E-state index contributed by atoms with van der Waals surface area (Å²) in [5.41, 5.74) is 13.0. The van der Waals surface area contributed by atoms with Gasteiger partial charge in [0.05, 0.1) is 5.69 Å². The third kappa shape index (κ3) is 2.89. The molecule has 1 unspecified atom stereocenters. The minimum absolute atomic E-state index is 0.199. The molecule has 0 saturated carbocycles. The molecule has 0 spiro atoms. The fourth-order valence-electron chi connectivity index (χ4n) is 4.89. The summed E-state index contributed by atoms with van der Waals surface area (Å²) in [5, 5.41) is 0. The van der Waals surface area contributed by atoms with Gasteiger partial charge in [-0.05, 0) is 68.6 Å². The highest BCUT2D eigenvalue weighted by molar-refractivity contribution is 5.74. The third-order valence-electron chi connectivity index (χ3n) is 6.48. The first-order valence-corrected chi connectivity index (χ1v) is 10.2. The van der Waals surface area contributed by atoms with Gasteiger partial charge >= 0.3 is 0 Å². The zero-order chi connectivity index (χ0) is 18.5. The second kappa shape index (κ2) is 6.32. The monoisotopic (exact) mass is 362 g/mol. The number of anilines is 1. The quantitative estimate of drug-likeness (QED) is 0.908. The molecule has 3 aliphatic rings. The van der Waals surface area contributed by atoms with Crippen LogP contribution in [0.2, 0.25) is 0 Å². The highest BCUT2D eigenvalue weighted by Gasteiger charge is 2.30. The van der Waals surface area contributed by atoms with Crippen LogP contribution in [-0.2, 0) is 30.5 Å². The largest absolute Gasteiger partial charge is 0.370 e. The van der Waals surface area contributed by atoms with Crippen LogP contribution in [-0.4, -0.2) is 28.5 Å². The van der Waals surface area contributed by atoms with Crippen molar-refractivity contribution in [3.8, 4) is 11.3 Å². The van der Waals surface area contributed by atoms with Crippen LogP contribution in [0.1, 0.15) is 48.6 Å². The molecule has 1 aromatic carbocycles. The van der Waals surface area contributed by atoms with Crippen molar-refractivity contribution in [2.75, 3.05) is 11.4 Å². The molecule has 2 atom stereocenters. The van der Waals surface area contributed by atoms with E-state index in [-0.39, 0.29) is 5.91 Å². The van der Waals surface area contributed by atoms with Crippen LogP contribution in [0.5, 0.6) is 0 Å². The molecule has 0 bridgehead atoms. The Morgan fingerprint density at radius 1 is 1.22 bits per heavy atom. The van der Waals surface area contributed by atoms with E-state index in [1.807, 2.05) is 0 Å². The Bertz CT molecular complexity index is 923. The van der Waals surface area contributed by atoms with E-state index in [0.717, 1.165) is 43.9 Å². The number of nitrogens with zero attached hydrogens (tertiary/aromatic N) is 3. The minimum Gasteiger partial charge on any atom is -0.370 e. The van der Waals surface area contributed by atoms with Gasteiger partial charge in [-0.3, -0.25) is 4.79 Å². The first-order valence-electron chi connectivity index (χ1n) is 10.2. The maximum atomic E-state index is 11.3. The average Bonchev–Trinajstić information content (AvgIpc) is 3.24. The van der Waals surface area contributed by atoms with Crippen molar-refractivity contribution in [1.29, 1.82) is 0 Å². The van der Waals surface area contributed by atoms with E-state index in [4.69, 9.17) is 15.7 Å². The van der Waals surface area contributed by atoms with Crippen molar-refractivity contribution < 1.29 is 4.79 Å². The average molecular weight is 362 g/mol. The van der Waals surface area contributed by atoms with E-state index in [1.54, 1.807) is 0 Å². The predicted octanol–water partition coefficient (Wildman–Crippen LogP) is 2.82. The molecule has 0 radical (unpaired) electrons. The number of fused-ring (bicyclic) bond motifs is 2. The van der Waals surface area contributed by atoms with E-state index < -0.39 is 0 Å². The molecule has 2 N–H and O–H groups in total. The molecule has 2 aromatic rings. The Morgan fingerprint density at radius 3 is 2.81 bits per heavy atom. The summed E-state index contributed by atoms with van der Waals surface area (Å²) < 4.78 is 0. The molecular weight excluding hydrogens is 336 g/mol. The summed E-state index contributed by atoms with van der Waals surface area (Å²) in [6.07, 6.45) is 6.89. The SMILES string of the molecule is C[C@H]1CCN1c1nc2c(c(-c3ccc4c(c3)CC(CC(N)=O)C4)n1)CCC2. The fourth-order valence-corrected chi connectivity index (χ4v) is 4.89. The number of amides is 1. The molecule has 1 aliphatic heterocycles. The molecule has 2 aliphatic carbocycles. The summed E-state index contributed by atoms with van der Waals surface area (Å²) >= 11 is 0. The van der Waals surface area contributed by atoms with Gasteiger partial charge in [0.1, 0.15) is 0 Å². The molecule has 1 saturated heterocycles. The van der Waals surface area contributed by atoms with Gasteiger partial charge in [0.15, 0.2) is 0 Å². The highest BCUT2D eigenvalue weighted by atomic mass is 16.1. The van der Waals surface area contributed by atoms with E-state index in [1.165, 1.54) is 40.8 Å². The van der Waals surface area contributed by atoms with Crippen molar-refractivity contribution in [1.82, 2.24) is 9.97 Å². The number of aromatic nitrogens is 2.